The number of carbonyl (C=O) groups excluding carboxylic acids is 1. The Hall–Kier alpha value is -1.55. The highest BCUT2D eigenvalue weighted by molar-refractivity contribution is 5.89. The highest BCUT2D eigenvalue weighted by Gasteiger charge is 2.25. The SMILES string of the molecule is Cc1ccc(NC(=O)N2C[C@H](C)O[C@@H](C)C2)cc1C. The van der Waals surface area contributed by atoms with E-state index in [1.54, 1.807) is 0 Å². The Kier molecular flexibility index (Phi) is 4.10. The van der Waals surface area contributed by atoms with E-state index < -0.39 is 0 Å². The van der Waals surface area contributed by atoms with Crippen molar-refractivity contribution in [1.82, 2.24) is 4.90 Å². The third kappa shape index (κ3) is 3.47. The van der Waals surface area contributed by atoms with Crippen LogP contribution in [0.25, 0.3) is 0 Å². The second-order valence-corrected chi connectivity index (χ2v) is 5.39. The van der Waals surface area contributed by atoms with Crippen molar-refractivity contribution < 1.29 is 9.53 Å². The molecule has 19 heavy (non-hydrogen) atoms. The summed E-state index contributed by atoms with van der Waals surface area (Å²) in [6.45, 7) is 9.37. The van der Waals surface area contributed by atoms with E-state index in [1.807, 2.05) is 43.9 Å². The number of rotatable bonds is 1. The lowest BCUT2D eigenvalue weighted by Crippen LogP contribution is -2.49. The predicted molar refractivity (Wildman–Crippen MR) is 76.5 cm³/mol. The number of hydrogen-bond donors (Lipinski definition) is 1. The number of anilines is 1. The molecule has 4 heteroatoms. The van der Waals surface area contributed by atoms with Crippen LogP contribution >= 0.6 is 0 Å². The van der Waals surface area contributed by atoms with Crippen molar-refractivity contribution in [3.8, 4) is 0 Å². The fraction of sp³-hybridized carbons (Fsp3) is 0.533. The molecule has 1 aromatic carbocycles. The molecule has 1 N–H and O–H groups in total. The van der Waals surface area contributed by atoms with Gasteiger partial charge < -0.3 is 15.0 Å². The van der Waals surface area contributed by atoms with Gasteiger partial charge in [0.15, 0.2) is 0 Å². The molecule has 2 amide bonds. The van der Waals surface area contributed by atoms with Crippen LogP contribution in [-0.4, -0.2) is 36.2 Å². The Morgan fingerprint density at radius 3 is 2.42 bits per heavy atom. The van der Waals surface area contributed by atoms with Crippen LogP contribution in [0.3, 0.4) is 0 Å². The highest BCUT2D eigenvalue weighted by Crippen LogP contribution is 2.16. The molecule has 1 aliphatic rings. The van der Waals surface area contributed by atoms with Crippen LogP contribution in [0.1, 0.15) is 25.0 Å². The summed E-state index contributed by atoms with van der Waals surface area (Å²) in [5.41, 5.74) is 3.26. The van der Waals surface area contributed by atoms with Crippen LogP contribution < -0.4 is 5.32 Å². The van der Waals surface area contributed by atoms with Crippen LogP contribution in [0.4, 0.5) is 10.5 Å². The first-order chi connectivity index (χ1) is 8.95. The van der Waals surface area contributed by atoms with E-state index in [1.165, 1.54) is 11.1 Å². The predicted octanol–water partition coefficient (Wildman–Crippen LogP) is 2.94. The van der Waals surface area contributed by atoms with Gasteiger partial charge in [-0.2, -0.15) is 0 Å². The first kappa shape index (κ1) is 13.9. The van der Waals surface area contributed by atoms with Gasteiger partial charge in [0.1, 0.15) is 0 Å². The van der Waals surface area contributed by atoms with Crippen LogP contribution in [0.2, 0.25) is 0 Å². The maximum atomic E-state index is 12.2. The monoisotopic (exact) mass is 262 g/mol. The quantitative estimate of drug-likeness (QED) is 0.845. The van der Waals surface area contributed by atoms with E-state index in [4.69, 9.17) is 4.74 Å². The van der Waals surface area contributed by atoms with Gasteiger partial charge in [-0.15, -0.1) is 0 Å². The van der Waals surface area contributed by atoms with Gasteiger partial charge in [-0.3, -0.25) is 0 Å². The molecule has 1 aromatic rings. The van der Waals surface area contributed by atoms with E-state index in [0.29, 0.717) is 13.1 Å². The Morgan fingerprint density at radius 2 is 1.84 bits per heavy atom. The molecule has 0 aliphatic carbocycles. The molecule has 1 heterocycles. The first-order valence-corrected chi connectivity index (χ1v) is 6.74. The van der Waals surface area contributed by atoms with E-state index in [9.17, 15) is 4.79 Å². The summed E-state index contributed by atoms with van der Waals surface area (Å²) in [6.07, 6.45) is 0.184. The average molecular weight is 262 g/mol. The minimum Gasteiger partial charge on any atom is -0.372 e. The zero-order valence-electron chi connectivity index (χ0n) is 12.1. The molecule has 0 spiro atoms. The average Bonchev–Trinajstić information content (AvgIpc) is 2.32. The van der Waals surface area contributed by atoms with Crippen LogP contribution in [0.5, 0.6) is 0 Å². The van der Waals surface area contributed by atoms with Gasteiger partial charge in [-0.25, -0.2) is 4.79 Å². The molecule has 1 saturated heterocycles. The molecule has 2 rings (SSSR count). The number of ether oxygens (including phenoxy) is 1. The van der Waals surface area contributed by atoms with E-state index in [2.05, 4.69) is 12.2 Å². The number of aryl methyl sites for hydroxylation is 2. The molecule has 0 radical (unpaired) electrons. The van der Waals surface area contributed by atoms with Crippen molar-refractivity contribution in [3.63, 3.8) is 0 Å². The highest BCUT2D eigenvalue weighted by atomic mass is 16.5. The molecule has 2 atom stereocenters. The Morgan fingerprint density at radius 1 is 1.21 bits per heavy atom. The van der Waals surface area contributed by atoms with Crippen molar-refractivity contribution in [3.05, 3.63) is 29.3 Å². The molecular formula is C15H22N2O2. The van der Waals surface area contributed by atoms with E-state index >= 15 is 0 Å². The molecule has 4 nitrogen and oxygen atoms in total. The number of urea groups is 1. The largest absolute Gasteiger partial charge is 0.372 e. The van der Waals surface area contributed by atoms with Crippen molar-refractivity contribution in [2.45, 2.75) is 39.9 Å². The first-order valence-electron chi connectivity index (χ1n) is 6.74. The minimum absolute atomic E-state index is 0.0507. The Balaban J connectivity index is 2.02. The summed E-state index contributed by atoms with van der Waals surface area (Å²) in [5.74, 6) is 0. The van der Waals surface area contributed by atoms with Crippen LogP contribution in [-0.2, 0) is 4.74 Å². The second kappa shape index (κ2) is 5.61. The molecule has 1 aliphatic heterocycles. The number of benzene rings is 1. The molecule has 0 saturated carbocycles. The van der Waals surface area contributed by atoms with Gasteiger partial charge in [0.05, 0.1) is 12.2 Å². The van der Waals surface area contributed by atoms with Crippen molar-refractivity contribution in [2.75, 3.05) is 18.4 Å². The summed E-state index contributed by atoms with van der Waals surface area (Å²) in [4.78, 5) is 14.0. The Bertz CT molecular complexity index is 463. The molecule has 0 aromatic heterocycles. The normalized spacial score (nSPS) is 23.3. The fourth-order valence-electron chi connectivity index (χ4n) is 2.37. The number of amides is 2. The fourth-order valence-corrected chi connectivity index (χ4v) is 2.37. The summed E-state index contributed by atoms with van der Waals surface area (Å²) in [6, 6.07) is 5.91. The number of morpholine rings is 1. The number of hydrogen-bond acceptors (Lipinski definition) is 2. The molecule has 1 fully saturated rings. The third-order valence-electron chi connectivity index (χ3n) is 3.47. The zero-order valence-corrected chi connectivity index (χ0v) is 12.1. The molecule has 0 bridgehead atoms. The number of carbonyl (C=O) groups is 1. The number of nitrogens with one attached hydrogen (secondary N) is 1. The van der Waals surface area contributed by atoms with E-state index in [-0.39, 0.29) is 18.2 Å². The zero-order chi connectivity index (χ0) is 14.0. The van der Waals surface area contributed by atoms with Crippen molar-refractivity contribution in [2.24, 2.45) is 0 Å². The van der Waals surface area contributed by atoms with Gasteiger partial charge in [-0.1, -0.05) is 6.07 Å². The summed E-state index contributed by atoms with van der Waals surface area (Å²) in [7, 11) is 0. The maximum Gasteiger partial charge on any atom is 0.322 e. The lowest BCUT2D eigenvalue weighted by Gasteiger charge is -2.35. The number of nitrogens with zero attached hydrogens (tertiary/aromatic N) is 1. The molecule has 104 valence electrons. The minimum atomic E-state index is -0.0507. The lowest BCUT2D eigenvalue weighted by atomic mass is 10.1. The van der Waals surface area contributed by atoms with E-state index in [0.717, 1.165) is 5.69 Å². The standard InChI is InChI=1S/C15H22N2O2/c1-10-5-6-14(7-11(10)2)16-15(18)17-8-12(3)19-13(4)9-17/h5-7,12-13H,8-9H2,1-4H3,(H,16,18)/t12-,13-/m0/s1. The maximum absolute atomic E-state index is 12.2. The van der Waals surface area contributed by atoms with Gasteiger partial charge in [-0.05, 0) is 51.0 Å². The second-order valence-electron chi connectivity index (χ2n) is 5.39. The van der Waals surface area contributed by atoms with Crippen LogP contribution in [0.15, 0.2) is 18.2 Å². The van der Waals surface area contributed by atoms with Crippen molar-refractivity contribution >= 4 is 11.7 Å². The molecular weight excluding hydrogens is 240 g/mol. The summed E-state index contributed by atoms with van der Waals surface area (Å²) < 4.78 is 5.63. The van der Waals surface area contributed by atoms with Gasteiger partial charge in [0.25, 0.3) is 0 Å². The van der Waals surface area contributed by atoms with Gasteiger partial charge >= 0.3 is 6.03 Å². The summed E-state index contributed by atoms with van der Waals surface area (Å²) in [5, 5.41) is 2.95. The molecule has 0 unspecified atom stereocenters. The topological polar surface area (TPSA) is 41.6 Å². The smallest absolute Gasteiger partial charge is 0.322 e. The van der Waals surface area contributed by atoms with Crippen LogP contribution in [0, 0.1) is 13.8 Å². The third-order valence-corrected chi connectivity index (χ3v) is 3.47. The van der Waals surface area contributed by atoms with Crippen molar-refractivity contribution in [1.29, 1.82) is 0 Å². The van der Waals surface area contributed by atoms with Gasteiger partial charge in [0.2, 0.25) is 0 Å². The van der Waals surface area contributed by atoms with Gasteiger partial charge in [0, 0.05) is 18.8 Å². The Labute approximate surface area is 114 Å². The summed E-state index contributed by atoms with van der Waals surface area (Å²) >= 11 is 0. The lowest BCUT2D eigenvalue weighted by molar-refractivity contribution is -0.0530.